The molecule has 0 radical (unpaired) electrons. The molecule has 0 aromatic heterocycles. The fraction of sp³-hybridized carbons (Fsp3) is 0.533. The number of nitrogens with zero attached hydrogens (tertiary/aromatic N) is 1. The molecule has 0 aliphatic carbocycles. The lowest BCUT2D eigenvalue weighted by Gasteiger charge is -2.37. The third-order valence-corrected chi connectivity index (χ3v) is 4.13. The second-order valence-electron chi connectivity index (χ2n) is 5.38. The van der Waals surface area contributed by atoms with Gasteiger partial charge in [-0.3, -0.25) is 4.90 Å². The molecule has 1 atom stereocenters. The monoisotopic (exact) mass is 283 g/mol. The summed E-state index contributed by atoms with van der Waals surface area (Å²) in [7, 11) is 0. The first kappa shape index (κ1) is 14.9. The number of carboxylic acid groups (broad SMARTS) is 1. The van der Waals surface area contributed by atoms with E-state index in [-0.39, 0.29) is 5.56 Å². The van der Waals surface area contributed by atoms with Crippen LogP contribution in [0.1, 0.15) is 38.2 Å². The SMILES string of the molecule is CC(C(=O)O)(c1cccc(F)c1F)N1CCCCCC1. The Morgan fingerprint density at radius 3 is 2.35 bits per heavy atom. The minimum Gasteiger partial charge on any atom is -0.480 e. The van der Waals surface area contributed by atoms with Crippen molar-refractivity contribution >= 4 is 5.97 Å². The molecule has 0 bridgehead atoms. The smallest absolute Gasteiger partial charge is 0.328 e. The van der Waals surface area contributed by atoms with Gasteiger partial charge < -0.3 is 5.11 Å². The third-order valence-electron chi connectivity index (χ3n) is 4.13. The number of carbonyl (C=O) groups is 1. The summed E-state index contributed by atoms with van der Waals surface area (Å²) < 4.78 is 27.5. The maximum Gasteiger partial charge on any atom is 0.328 e. The third kappa shape index (κ3) is 2.54. The van der Waals surface area contributed by atoms with Crippen LogP contribution in [0.4, 0.5) is 8.78 Å². The summed E-state index contributed by atoms with van der Waals surface area (Å²) in [5.74, 6) is -3.23. The Morgan fingerprint density at radius 1 is 1.20 bits per heavy atom. The van der Waals surface area contributed by atoms with Crippen LogP contribution in [0, 0.1) is 11.6 Å². The Labute approximate surface area is 117 Å². The molecule has 1 N–H and O–H groups in total. The molecule has 1 aromatic rings. The van der Waals surface area contributed by atoms with E-state index in [0.29, 0.717) is 13.1 Å². The molecule has 1 aromatic carbocycles. The van der Waals surface area contributed by atoms with E-state index in [4.69, 9.17) is 0 Å². The number of rotatable bonds is 3. The average molecular weight is 283 g/mol. The van der Waals surface area contributed by atoms with Crippen LogP contribution < -0.4 is 0 Å². The summed E-state index contributed by atoms with van der Waals surface area (Å²) in [6, 6.07) is 3.72. The molecular weight excluding hydrogens is 264 g/mol. The molecule has 1 aliphatic heterocycles. The normalized spacial score (nSPS) is 20.1. The number of hydrogen-bond acceptors (Lipinski definition) is 2. The molecule has 1 heterocycles. The van der Waals surface area contributed by atoms with Crippen LogP contribution in [-0.4, -0.2) is 29.1 Å². The molecule has 1 fully saturated rings. The van der Waals surface area contributed by atoms with Gasteiger partial charge in [0.25, 0.3) is 0 Å². The van der Waals surface area contributed by atoms with Gasteiger partial charge in [0.15, 0.2) is 11.6 Å². The molecule has 3 nitrogen and oxygen atoms in total. The molecule has 0 spiro atoms. The molecular formula is C15H19F2NO2. The topological polar surface area (TPSA) is 40.5 Å². The molecule has 0 saturated carbocycles. The maximum atomic E-state index is 14.0. The van der Waals surface area contributed by atoms with Crippen LogP contribution in [0.3, 0.4) is 0 Å². The summed E-state index contributed by atoms with van der Waals surface area (Å²) in [5.41, 5.74) is -1.64. The maximum absolute atomic E-state index is 14.0. The van der Waals surface area contributed by atoms with Crippen molar-refractivity contribution in [2.45, 2.75) is 38.1 Å². The van der Waals surface area contributed by atoms with Gasteiger partial charge in [-0.05, 0) is 38.9 Å². The highest BCUT2D eigenvalue weighted by atomic mass is 19.2. The standard InChI is InChI=1S/C15H19F2NO2/c1-15(14(19)20,18-9-4-2-3-5-10-18)11-7-6-8-12(16)13(11)17/h6-8H,2-5,9-10H2,1H3,(H,19,20). The second-order valence-corrected chi connectivity index (χ2v) is 5.38. The Morgan fingerprint density at radius 2 is 1.80 bits per heavy atom. The minimum absolute atomic E-state index is 0.105. The van der Waals surface area contributed by atoms with Crippen molar-refractivity contribution in [3.05, 3.63) is 35.4 Å². The van der Waals surface area contributed by atoms with Crippen LogP contribution in [0.2, 0.25) is 0 Å². The lowest BCUT2D eigenvalue weighted by Crippen LogP contribution is -2.50. The predicted octanol–water partition coefficient (Wildman–Crippen LogP) is 3.14. The first-order chi connectivity index (χ1) is 9.48. The number of aliphatic carboxylic acids is 1. The molecule has 5 heteroatoms. The van der Waals surface area contributed by atoms with E-state index in [1.807, 2.05) is 0 Å². The van der Waals surface area contributed by atoms with Crippen molar-refractivity contribution in [1.82, 2.24) is 4.90 Å². The van der Waals surface area contributed by atoms with Crippen molar-refractivity contribution in [2.24, 2.45) is 0 Å². The van der Waals surface area contributed by atoms with Crippen molar-refractivity contribution in [3.63, 3.8) is 0 Å². The van der Waals surface area contributed by atoms with E-state index in [9.17, 15) is 18.7 Å². The molecule has 2 rings (SSSR count). The quantitative estimate of drug-likeness (QED) is 0.926. The summed E-state index contributed by atoms with van der Waals surface area (Å²) >= 11 is 0. The summed E-state index contributed by atoms with van der Waals surface area (Å²) in [5, 5.41) is 9.61. The largest absolute Gasteiger partial charge is 0.480 e. The zero-order valence-electron chi connectivity index (χ0n) is 11.5. The van der Waals surface area contributed by atoms with Gasteiger partial charge in [0.05, 0.1) is 0 Å². The van der Waals surface area contributed by atoms with Gasteiger partial charge >= 0.3 is 5.97 Å². The zero-order valence-corrected chi connectivity index (χ0v) is 11.5. The van der Waals surface area contributed by atoms with Crippen molar-refractivity contribution in [3.8, 4) is 0 Å². The van der Waals surface area contributed by atoms with Gasteiger partial charge in [-0.1, -0.05) is 25.0 Å². The summed E-state index contributed by atoms with van der Waals surface area (Å²) in [6.45, 7) is 2.62. The molecule has 1 unspecified atom stereocenters. The average Bonchev–Trinajstić information content (AvgIpc) is 2.70. The first-order valence-electron chi connectivity index (χ1n) is 6.91. The summed E-state index contributed by atoms with van der Waals surface area (Å²) in [6.07, 6.45) is 3.83. The lowest BCUT2D eigenvalue weighted by atomic mass is 9.89. The van der Waals surface area contributed by atoms with Crippen molar-refractivity contribution < 1.29 is 18.7 Å². The van der Waals surface area contributed by atoms with Crippen LogP contribution in [0.15, 0.2) is 18.2 Å². The van der Waals surface area contributed by atoms with Gasteiger partial charge in [-0.2, -0.15) is 0 Å². The Bertz CT molecular complexity index is 499. The molecule has 1 saturated heterocycles. The first-order valence-corrected chi connectivity index (χ1v) is 6.91. The number of carboxylic acids is 1. The van der Waals surface area contributed by atoms with Gasteiger partial charge in [-0.25, -0.2) is 13.6 Å². The number of benzene rings is 1. The van der Waals surface area contributed by atoms with Crippen LogP contribution >= 0.6 is 0 Å². The number of hydrogen-bond donors (Lipinski definition) is 1. The van der Waals surface area contributed by atoms with Crippen LogP contribution in [-0.2, 0) is 10.3 Å². The summed E-state index contributed by atoms with van der Waals surface area (Å²) in [4.78, 5) is 13.5. The second kappa shape index (κ2) is 5.87. The van der Waals surface area contributed by atoms with E-state index >= 15 is 0 Å². The van der Waals surface area contributed by atoms with Gasteiger partial charge in [0, 0.05) is 5.56 Å². The van der Waals surface area contributed by atoms with E-state index < -0.39 is 23.1 Å². The van der Waals surface area contributed by atoms with Crippen molar-refractivity contribution in [1.29, 1.82) is 0 Å². The zero-order chi connectivity index (χ0) is 14.8. The van der Waals surface area contributed by atoms with E-state index in [0.717, 1.165) is 31.7 Å². The van der Waals surface area contributed by atoms with Crippen LogP contribution in [0.5, 0.6) is 0 Å². The van der Waals surface area contributed by atoms with Gasteiger partial charge in [0.1, 0.15) is 5.54 Å². The number of likely N-dealkylation sites (tertiary alicyclic amines) is 1. The number of halogens is 2. The molecule has 0 amide bonds. The predicted molar refractivity (Wildman–Crippen MR) is 71.4 cm³/mol. The molecule has 1 aliphatic rings. The van der Waals surface area contributed by atoms with E-state index in [1.54, 1.807) is 4.90 Å². The Balaban J connectivity index is 2.48. The van der Waals surface area contributed by atoms with E-state index in [2.05, 4.69) is 0 Å². The van der Waals surface area contributed by atoms with E-state index in [1.165, 1.54) is 19.1 Å². The molecule has 20 heavy (non-hydrogen) atoms. The highest BCUT2D eigenvalue weighted by Gasteiger charge is 2.43. The van der Waals surface area contributed by atoms with Crippen molar-refractivity contribution in [2.75, 3.05) is 13.1 Å². The van der Waals surface area contributed by atoms with Gasteiger partial charge in [-0.15, -0.1) is 0 Å². The Kier molecular flexibility index (Phi) is 4.38. The fourth-order valence-corrected chi connectivity index (χ4v) is 2.82. The minimum atomic E-state index is -1.53. The highest BCUT2D eigenvalue weighted by molar-refractivity contribution is 5.80. The fourth-order valence-electron chi connectivity index (χ4n) is 2.82. The Hall–Kier alpha value is -1.49. The van der Waals surface area contributed by atoms with Gasteiger partial charge in [0.2, 0.25) is 0 Å². The molecule has 110 valence electrons. The lowest BCUT2D eigenvalue weighted by molar-refractivity contribution is -0.151. The van der Waals surface area contributed by atoms with Crippen LogP contribution in [0.25, 0.3) is 0 Å². The highest BCUT2D eigenvalue weighted by Crippen LogP contribution is 2.33.